The lowest BCUT2D eigenvalue weighted by molar-refractivity contribution is -0.190. The average molecular weight is 376 g/mol. The molecule has 0 bridgehead atoms. The molecule has 3 rings (SSSR count). The molecule has 1 aliphatic carbocycles. The van der Waals surface area contributed by atoms with Crippen molar-refractivity contribution in [1.29, 1.82) is 0 Å². The molecular weight excluding hydrogens is 355 g/mol. The van der Waals surface area contributed by atoms with Gasteiger partial charge < -0.3 is 15.2 Å². The summed E-state index contributed by atoms with van der Waals surface area (Å²) in [6.45, 7) is 5.80. The van der Waals surface area contributed by atoms with Crippen LogP contribution in [-0.2, 0) is 9.53 Å². The van der Waals surface area contributed by atoms with Crippen LogP contribution in [0.3, 0.4) is 0 Å². The van der Waals surface area contributed by atoms with Crippen LogP contribution >= 0.6 is 0 Å². The number of rotatable bonds is 6. The Morgan fingerprint density at radius 2 is 2.04 bits per heavy atom. The van der Waals surface area contributed by atoms with Gasteiger partial charge in [-0.3, -0.25) is 4.79 Å². The Labute approximate surface area is 155 Å². The predicted octanol–water partition coefficient (Wildman–Crippen LogP) is 1.79. The van der Waals surface area contributed by atoms with E-state index in [-0.39, 0.29) is 18.2 Å². The van der Waals surface area contributed by atoms with Crippen LogP contribution in [0.4, 0.5) is 4.39 Å². The number of hydrogen-bond donors (Lipinski definition) is 2. The quantitative estimate of drug-likeness (QED) is 0.796. The number of nitrogens with zero attached hydrogens (tertiary/aromatic N) is 3. The maximum absolute atomic E-state index is 13.0. The first-order chi connectivity index (χ1) is 12.7. The van der Waals surface area contributed by atoms with Crippen molar-refractivity contribution >= 4 is 11.9 Å². The zero-order valence-electron chi connectivity index (χ0n) is 15.3. The molecule has 2 N–H and O–H groups in total. The van der Waals surface area contributed by atoms with Crippen molar-refractivity contribution < 1.29 is 23.8 Å². The van der Waals surface area contributed by atoms with Gasteiger partial charge in [-0.1, -0.05) is 13.8 Å². The fourth-order valence-corrected chi connectivity index (χ4v) is 3.36. The highest BCUT2D eigenvalue weighted by Gasteiger charge is 2.66. The van der Waals surface area contributed by atoms with E-state index < -0.39 is 28.6 Å². The summed E-state index contributed by atoms with van der Waals surface area (Å²) in [5, 5.41) is 20.4. The Balaban J connectivity index is 1.80. The molecule has 0 saturated heterocycles. The largest absolute Gasteiger partial charge is 0.479 e. The minimum absolute atomic E-state index is 0.0318. The molecule has 2 atom stereocenters. The van der Waals surface area contributed by atoms with Crippen molar-refractivity contribution in [2.75, 3.05) is 6.61 Å². The normalized spacial score (nSPS) is 23.5. The number of amides is 1. The van der Waals surface area contributed by atoms with Gasteiger partial charge in [0.1, 0.15) is 11.4 Å². The molecule has 1 aromatic carbocycles. The Hall–Kier alpha value is -2.81. The molecule has 0 spiro atoms. The summed E-state index contributed by atoms with van der Waals surface area (Å²) in [6, 6.07) is 5.44. The molecule has 1 saturated carbocycles. The molecule has 9 heteroatoms. The van der Waals surface area contributed by atoms with E-state index in [1.165, 1.54) is 35.3 Å². The summed E-state index contributed by atoms with van der Waals surface area (Å²) in [5.74, 6) is -2.17. The SMILES string of the molecule is CCOC1CC(NC(=O)c2cnn(-c3ccc(F)cc3)n2)(C(=O)O)C1(C)C. The van der Waals surface area contributed by atoms with Crippen LogP contribution in [0.1, 0.15) is 37.7 Å². The zero-order chi connectivity index (χ0) is 19.8. The van der Waals surface area contributed by atoms with Crippen LogP contribution in [0, 0.1) is 11.2 Å². The topological polar surface area (TPSA) is 106 Å². The standard InChI is InChI=1S/C18H21FN4O4/c1-4-27-14-9-18(16(25)26,17(14,2)3)21-15(24)13-10-20-23(22-13)12-7-5-11(19)6-8-12/h5-8,10,14H,4,9H2,1-3H3,(H,21,24)(H,25,26). The minimum atomic E-state index is -1.45. The fraction of sp³-hybridized carbons (Fsp3) is 0.444. The first kappa shape index (κ1) is 19.0. The van der Waals surface area contributed by atoms with E-state index in [4.69, 9.17) is 4.74 Å². The first-order valence-corrected chi connectivity index (χ1v) is 8.57. The van der Waals surface area contributed by atoms with E-state index in [2.05, 4.69) is 15.5 Å². The molecule has 1 heterocycles. The van der Waals surface area contributed by atoms with Gasteiger partial charge in [-0.05, 0) is 31.2 Å². The molecular formula is C18H21FN4O4. The number of hydrogen-bond acceptors (Lipinski definition) is 5. The van der Waals surface area contributed by atoms with Crippen LogP contribution in [0.25, 0.3) is 5.69 Å². The van der Waals surface area contributed by atoms with Gasteiger partial charge in [0, 0.05) is 18.4 Å². The summed E-state index contributed by atoms with van der Waals surface area (Å²) in [7, 11) is 0. The highest BCUT2D eigenvalue weighted by Crippen LogP contribution is 2.51. The summed E-state index contributed by atoms with van der Waals surface area (Å²) >= 11 is 0. The van der Waals surface area contributed by atoms with Gasteiger partial charge >= 0.3 is 5.97 Å². The molecule has 1 aliphatic rings. The number of nitrogens with one attached hydrogen (secondary N) is 1. The van der Waals surface area contributed by atoms with Crippen molar-refractivity contribution in [1.82, 2.24) is 20.3 Å². The molecule has 27 heavy (non-hydrogen) atoms. The Bertz CT molecular complexity index is 865. The van der Waals surface area contributed by atoms with Crippen molar-refractivity contribution in [2.24, 2.45) is 5.41 Å². The van der Waals surface area contributed by atoms with E-state index in [1.807, 2.05) is 6.92 Å². The highest BCUT2D eigenvalue weighted by atomic mass is 19.1. The molecule has 2 unspecified atom stereocenters. The van der Waals surface area contributed by atoms with E-state index in [9.17, 15) is 19.1 Å². The molecule has 144 valence electrons. The van der Waals surface area contributed by atoms with E-state index in [0.717, 1.165) is 0 Å². The number of carboxylic acid groups (broad SMARTS) is 1. The van der Waals surface area contributed by atoms with Crippen molar-refractivity contribution in [3.63, 3.8) is 0 Å². The third-order valence-corrected chi connectivity index (χ3v) is 5.24. The second-order valence-corrected chi connectivity index (χ2v) is 7.03. The van der Waals surface area contributed by atoms with E-state index in [0.29, 0.717) is 12.3 Å². The van der Waals surface area contributed by atoms with Gasteiger partial charge in [0.05, 0.1) is 18.0 Å². The summed E-state index contributed by atoms with van der Waals surface area (Å²) in [5.41, 5.74) is -1.81. The van der Waals surface area contributed by atoms with Gasteiger partial charge in [0.15, 0.2) is 5.69 Å². The summed E-state index contributed by atoms with van der Waals surface area (Å²) in [4.78, 5) is 25.7. The summed E-state index contributed by atoms with van der Waals surface area (Å²) < 4.78 is 18.6. The van der Waals surface area contributed by atoms with Gasteiger partial charge in [-0.25, -0.2) is 9.18 Å². The summed E-state index contributed by atoms with van der Waals surface area (Å²) in [6.07, 6.45) is 1.13. The monoisotopic (exact) mass is 376 g/mol. The van der Waals surface area contributed by atoms with Crippen molar-refractivity contribution in [3.05, 3.63) is 42.0 Å². The van der Waals surface area contributed by atoms with E-state index in [1.54, 1.807) is 13.8 Å². The highest BCUT2D eigenvalue weighted by molar-refractivity contribution is 5.97. The van der Waals surface area contributed by atoms with Gasteiger partial charge in [-0.2, -0.15) is 9.90 Å². The molecule has 1 fully saturated rings. The third kappa shape index (κ3) is 3.08. The molecule has 2 aromatic rings. The van der Waals surface area contributed by atoms with Crippen molar-refractivity contribution in [2.45, 2.75) is 38.8 Å². The maximum Gasteiger partial charge on any atom is 0.330 e. The average Bonchev–Trinajstić information content (AvgIpc) is 3.11. The van der Waals surface area contributed by atoms with Crippen LogP contribution in [0.15, 0.2) is 30.5 Å². The lowest BCUT2D eigenvalue weighted by Gasteiger charge is -2.58. The number of carboxylic acids is 1. The fourth-order valence-electron chi connectivity index (χ4n) is 3.36. The number of carbonyl (C=O) groups is 2. The van der Waals surface area contributed by atoms with Gasteiger partial charge in [0.25, 0.3) is 5.91 Å². The second kappa shape index (κ2) is 6.73. The second-order valence-electron chi connectivity index (χ2n) is 7.03. The first-order valence-electron chi connectivity index (χ1n) is 8.57. The Morgan fingerprint density at radius 3 is 2.59 bits per heavy atom. The number of ether oxygens (including phenoxy) is 1. The minimum Gasteiger partial charge on any atom is -0.479 e. The van der Waals surface area contributed by atoms with Crippen LogP contribution < -0.4 is 5.32 Å². The molecule has 1 aromatic heterocycles. The number of benzene rings is 1. The molecule has 1 amide bonds. The Morgan fingerprint density at radius 1 is 1.37 bits per heavy atom. The lowest BCUT2D eigenvalue weighted by atomic mass is 9.54. The lowest BCUT2D eigenvalue weighted by Crippen LogP contribution is -2.76. The number of aliphatic carboxylic acids is 1. The van der Waals surface area contributed by atoms with Gasteiger partial charge in [0.2, 0.25) is 0 Å². The molecule has 0 aliphatic heterocycles. The number of carbonyl (C=O) groups excluding carboxylic acids is 1. The van der Waals surface area contributed by atoms with E-state index >= 15 is 0 Å². The predicted molar refractivity (Wildman–Crippen MR) is 93.0 cm³/mol. The van der Waals surface area contributed by atoms with Gasteiger partial charge in [-0.15, -0.1) is 5.10 Å². The van der Waals surface area contributed by atoms with Crippen LogP contribution in [-0.4, -0.2) is 50.2 Å². The van der Waals surface area contributed by atoms with Crippen LogP contribution in [0.5, 0.6) is 0 Å². The van der Waals surface area contributed by atoms with Crippen molar-refractivity contribution in [3.8, 4) is 5.69 Å². The number of halogens is 1. The molecule has 0 radical (unpaired) electrons. The molecule has 8 nitrogen and oxygen atoms in total. The van der Waals surface area contributed by atoms with Crippen LogP contribution in [0.2, 0.25) is 0 Å². The Kier molecular flexibility index (Phi) is 4.73. The maximum atomic E-state index is 13.0. The number of aromatic nitrogens is 3. The zero-order valence-corrected chi connectivity index (χ0v) is 15.3. The smallest absolute Gasteiger partial charge is 0.330 e. The third-order valence-electron chi connectivity index (χ3n) is 5.24.